The van der Waals surface area contributed by atoms with E-state index in [-0.39, 0.29) is 19.0 Å². The molecule has 1 heterocycles. The highest BCUT2D eigenvalue weighted by Gasteiger charge is 2.22. The highest BCUT2D eigenvalue weighted by atomic mass is 16.5. The molecule has 0 atom stereocenters. The van der Waals surface area contributed by atoms with Crippen LogP contribution in [0.1, 0.15) is 28.7 Å². The second-order valence-electron chi connectivity index (χ2n) is 4.64. The van der Waals surface area contributed by atoms with Gasteiger partial charge in [-0.3, -0.25) is 9.59 Å². The first kappa shape index (κ1) is 16.2. The van der Waals surface area contributed by atoms with Gasteiger partial charge in [-0.2, -0.15) is 0 Å². The Balaban J connectivity index is 3.02. The Bertz CT molecular complexity index is 494. The fraction of sp³-hybridized carbons (Fsp3) is 0.571. The first-order valence-electron chi connectivity index (χ1n) is 6.59. The Hall–Kier alpha value is -1.82. The summed E-state index contributed by atoms with van der Waals surface area (Å²) in [4.78, 5) is 24.7. The van der Waals surface area contributed by atoms with Crippen molar-refractivity contribution in [3.63, 3.8) is 0 Å². The summed E-state index contributed by atoms with van der Waals surface area (Å²) in [5, 5.41) is 8.91. The van der Waals surface area contributed by atoms with Crippen molar-refractivity contribution in [2.24, 2.45) is 0 Å². The fourth-order valence-electron chi connectivity index (χ4n) is 2.29. The van der Waals surface area contributed by atoms with Gasteiger partial charge in [0.15, 0.2) is 0 Å². The molecule has 1 aromatic heterocycles. The molecule has 0 spiro atoms. The number of amides is 1. The molecule has 0 saturated heterocycles. The van der Waals surface area contributed by atoms with E-state index in [1.165, 1.54) is 12.0 Å². The van der Waals surface area contributed by atoms with Crippen molar-refractivity contribution in [3.8, 4) is 0 Å². The van der Waals surface area contributed by atoms with Gasteiger partial charge in [0, 0.05) is 31.6 Å². The summed E-state index contributed by atoms with van der Waals surface area (Å²) < 4.78 is 6.96. The zero-order chi connectivity index (χ0) is 15.3. The number of ether oxygens (including phenoxy) is 1. The minimum Gasteiger partial charge on any atom is -0.480 e. The monoisotopic (exact) mass is 282 g/mol. The molecule has 0 aliphatic carbocycles. The number of carbonyl (C=O) groups excluding carboxylic acids is 1. The van der Waals surface area contributed by atoms with E-state index < -0.39 is 5.97 Å². The molecular formula is C14H22N2O4. The summed E-state index contributed by atoms with van der Waals surface area (Å²) in [6.45, 7) is 6.85. The van der Waals surface area contributed by atoms with Crippen LogP contribution >= 0.6 is 0 Å². The van der Waals surface area contributed by atoms with E-state index in [4.69, 9.17) is 9.84 Å². The third kappa shape index (κ3) is 3.60. The summed E-state index contributed by atoms with van der Waals surface area (Å²) in [6, 6.07) is 1.81. The lowest BCUT2D eigenvalue weighted by atomic mass is 10.2. The number of aromatic nitrogens is 1. The van der Waals surface area contributed by atoms with Gasteiger partial charge in [0.1, 0.15) is 6.54 Å². The molecule has 0 unspecified atom stereocenters. The van der Waals surface area contributed by atoms with Crippen LogP contribution in [0.4, 0.5) is 0 Å². The van der Waals surface area contributed by atoms with Crippen LogP contribution in [0.15, 0.2) is 6.07 Å². The Morgan fingerprint density at radius 2 is 2.05 bits per heavy atom. The number of aliphatic carboxylic acids is 1. The highest BCUT2D eigenvalue weighted by molar-refractivity contribution is 5.97. The number of carboxylic acids is 1. The largest absolute Gasteiger partial charge is 0.480 e. The molecule has 1 amide bonds. The Morgan fingerprint density at radius 1 is 1.40 bits per heavy atom. The van der Waals surface area contributed by atoms with Crippen LogP contribution < -0.4 is 0 Å². The molecule has 0 fully saturated rings. The number of carboxylic acid groups (broad SMARTS) is 1. The van der Waals surface area contributed by atoms with Gasteiger partial charge in [-0.15, -0.1) is 0 Å². The molecule has 20 heavy (non-hydrogen) atoms. The molecule has 0 aromatic carbocycles. The summed E-state index contributed by atoms with van der Waals surface area (Å²) in [7, 11) is 1.52. The molecule has 0 aliphatic heterocycles. The molecule has 0 radical (unpaired) electrons. The normalized spacial score (nSPS) is 10.6. The van der Waals surface area contributed by atoms with Crippen molar-refractivity contribution in [1.82, 2.24) is 9.47 Å². The molecule has 6 heteroatoms. The van der Waals surface area contributed by atoms with Gasteiger partial charge in [-0.05, 0) is 26.8 Å². The molecule has 1 aromatic rings. The summed E-state index contributed by atoms with van der Waals surface area (Å²) in [6.07, 6.45) is 0. The number of methoxy groups -OCH3 is 1. The first-order valence-corrected chi connectivity index (χ1v) is 6.59. The van der Waals surface area contributed by atoms with Crippen molar-refractivity contribution in [3.05, 3.63) is 23.0 Å². The van der Waals surface area contributed by atoms with E-state index in [1.54, 1.807) is 0 Å². The van der Waals surface area contributed by atoms with Crippen LogP contribution in [0.5, 0.6) is 0 Å². The van der Waals surface area contributed by atoms with Crippen LogP contribution in [-0.2, 0) is 16.1 Å². The van der Waals surface area contributed by atoms with Gasteiger partial charge < -0.3 is 19.3 Å². The average Bonchev–Trinajstić information content (AvgIpc) is 2.68. The minimum absolute atomic E-state index is 0.261. The van der Waals surface area contributed by atoms with E-state index in [1.807, 2.05) is 31.4 Å². The number of hydrogen-bond donors (Lipinski definition) is 1. The van der Waals surface area contributed by atoms with Gasteiger partial charge in [-0.1, -0.05) is 0 Å². The summed E-state index contributed by atoms with van der Waals surface area (Å²) in [5.41, 5.74) is 2.42. The smallest absolute Gasteiger partial charge is 0.323 e. The van der Waals surface area contributed by atoms with Crippen molar-refractivity contribution in [2.45, 2.75) is 27.3 Å². The standard InChI is InChI=1S/C14H22N2O4/c1-5-16-10(2)8-12(11(16)3)14(19)15(6-7-20-4)9-13(17)18/h8H,5-7,9H2,1-4H3,(H,17,18). The fourth-order valence-corrected chi connectivity index (χ4v) is 2.29. The molecule has 0 bridgehead atoms. The molecule has 0 aliphatic rings. The number of hydrogen-bond acceptors (Lipinski definition) is 3. The van der Waals surface area contributed by atoms with Crippen LogP contribution in [0.2, 0.25) is 0 Å². The van der Waals surface area contributed by atoms with Crippen LogP contribution in [-0.4, -0.2) is 53.3 Å². The van der Waals surface area contributed by atoms with Crippen molar-refractivity contribution >= 4 is 11.9 Å². The van der Waals surface area contributed by atoms with Gasteiger partial charge in [0.25, 0.3) is 5.91 Å². The summed E-state index contributed by atoms with van der Waals surface area (Å²) in [5.74, 6) is -1.30. The second-order valence-corrected chi connectivity index (χ2v) is 4.64. The van der Waals surface area contributed by atoms with Gasteiger partial charge >= 0.3 is 5.97 Å². The third-order valence-corrected chi connectivity index (χ3v) is 3.30. The van der Waals surface area contributed by atoms with E-state index in [9.17, 15) is 9.59 Å². The predicted molar refractivity (Wildman–Crippen MR) is 75.0 cm³/mol. The Morgan fingerprint density at radius 3 is 2.50 bits per heavy atom. The lowest BCUT2D eigenvalue weighted by Gasteiger charge is -2.20. The molecule has 6 nitrogen and oxygen atoms in total. The van der Waals surface area contributed by atoms with Crippen molar-refractivity contribution in [1.29, 1.82) is 0 Å². The zero-order valence-corrected chi connectivity index (χ0v) is 12.5. The maximum absolute atomic E-state index is 12.5. The van der Waals surface area contributed by atoms with E-state index in [2.05, 4.69) is 0 Å². The topological polar surface area (TPSA) is 71.8 Å². The van der Waals surface area contributed by atoms with Gasteiger partial charge in [0.05, 0.1) is 12.2 Å². The van der Waals surface area contributed by atoms with E-state index >= 15 is 0 Å². The lowest BCUT2D eigenvalue weighted by Crippen LogP contribution is -2.38. The first-order chi connectivity index (χ1) is 9.42. The molecule has 1 rings (SSSR count). The van der Waals surface area contributed by atoms with E-state index in [0.717, 1.165) is 17.9 Å². The number of nitrogens with zero attached hydrogens (tertiary/aromatic N) is 2. The number of aryl methyl sites for hydroxylation is 1. The van der Waals surface area contributed by atoms with Crippen molar-refractivity contribution in [2.75, 3.05) is 26.8 Å². The minimum atomic E-state index is -1.03. The van der Waals surface area contributed by atoms with Gasteiger partial charge in [-0.25, -0.2) is 0 Å². The Kier molecular flexibility index (Phi) is 5.76. The number of carbonyl (C=O) groups is 2. The highest BCUT2D eigenvalue weighted by Crippen LogP contribution is 2.17. The van der Waals surface area contributed by atoms with Crippen LogP contribution in [0.3, 0.4) is 0 Å². The zero-order valence-electron chi connectivity index (χ0n) is 12.5. The SMILES string of the molecule is CCn1c(C)cc(C(=O)N(CCOC)CC(=O)O)c1C. The molecule has 1 N–H and O–H groups in total. The average molecular weight is 282 g/mol. The predicted octanol–water partition coefficient (Wildman–Crippen LogP) is 1.30. The second kappa shape index (κ2) is 7.09. The maximum Gasteiger partial charge on any atom is 0.323 e. The van der Waals surface area contributed by atoms with Crippen molar-refractivity contribution < 1.29 is 19.4 Å². The van der Waals surface area contributed by atoms with Crippen LogP contribution in [0.25, 0.3) is 0 Å². The lowest BCUT2D eigenvalue weighted by molar-refractivity contribution is -0.137. The third-order valence-electron chi connectivity index (χ3n) is 3.30. The van der Waals surface area contributed by atoms with E-state index in [0.29, 0.717) is 12.2 Å². The Labute approximate surface area is 118 Å². The summed E-state index contributed by atoms with van der Waals surface area (Å²) >= 11 is 0. The van der Waals surface area contributed by atoms with Gasteiger partial charge in [0.2, 0.25) is 0 Å². The van der Waals surface area contributed by atoms with Crippen LogP contribution in [0, 0.1) is 13.8 Å². The maximum atomic E-state index is 12.5. The molecule has 0 saturated carbocycles. The quantitative estimate of drug-likeness (QED) is 0.818. The molecule has 112 valence electrons. The molecular weight excluding hydrogens is 260 g/mol. The number of rotatable bonds is 7.